The maximum absolute atomic E-state index is 11.5. The molecule has 98 valence electrons. The van der Waals surface area contributed by atoms with Crippen molar-refractivity contribution in [3.8, 4) is 0 Å². The Labute approximate surface area is 103 Å². The summed E-state index contributed by atoms with van der Waals surface area (Å²) in [6, 6.07) is 0.250. The average molecular weight is 241 g/mol. The highest BCUT2D eigenvalue weighted by molar-refractivity contribution is 5.76. The monoisotopic (exact) mass is 241 g/mol. The molecule has 1 saturated carbocycles. The Balaban J connectivity index is 2.26. The molecule has 0 atom stereocenters. The van der Waals surface area contributed by atoms with E-state index in [1.165, 1.54) is 0 Å². The number of hydrogen-bond donors (Lipinski definition) is 1. The van der Waals surface area contributed by atoms with Crippen LogP contribution in [0.5, 0.6) is 0 Å². The van der Waals surface area contributed by atoms with Gasteiger partial charge in [0.05, 0.1) is 12.5 Å². The molecule has 0 aromatic rings. The first kappa shape index (κ1) is 14.0. The lowest BCUT2D eigenvalue weighted by Crippen LogP contribution is -2.38. The molecule has 0 aromatic carbocycles. The molecule has 17 heavy (non-hydrogen) atoms. The number of rotatable bonds is 5. The molecule has 0 aliphatic heterocycles. The average Bonchev–Trinajstić information content (AvgIpc) is 2.30. The van der Waals surface area contributed by atoms with Crippen molar-refractivity contribution in [3.63, 3.8) is 0 Å². The summed E-state index contributed by atoms with van der Waals surface area (Å²) in [5.74, 6) is 0.0900. The molecule has 0 heterocycles. The van der Waals surface area contributed by atoms with E-state index in [1.807, 2.05) is 13.8 Å². The Bertz CT molecular complexity index is 257. The fourth-order valence-electron chi connectivity index (χ4n) is 2.26. The lowest BCUT2D eigenvalue weighted by molar-refractivity contribution is -0.149. The Morgan fingerprint density at radius 2 is 1.82 bits per heavy atom. The highest BCUT2D eigenvalue weighted by Gasteiger charge is 2.27. The van der Waals surface area contributed by atoms with Crippen LogP contribution in [0.2, 0.25) is 0 Å². The third-order valence-corrected chi connectivity index (χ3v) is 3.19. The van der Waals surface area contributed by atoms with E-state index in [2.05, 4.69) is 5.32 Å². The van der Waals surface area contributed by atoms with Crippen LogP contribution in [-0.2, 0) is 14.3 Å². The van der Waals surface area contributed by atoms with Crippen molar-refractivity contribution in [3.05, 3.63) is 0 Å². The van der Waals surface area contributed by atoms with E-state index < -0.39 is 0 Å². The molecule has 1 rings (SSSR count). The van der Waals surface area contributed by atoms with E-state index >= 15 is 0 Å². The van der Waals surface area contributed by atoms with Crippen LogP contribution >= 0.6 is 0 Å². The SMILES string of the molecule is CCCC(=O)NC1CCC(C(=O)OCC)CC1. The second-order valence-corrected chi connectivity index (χ2v) is 4.62. The van der Waals surface area contributed by atoms with Gasteiger partial charge in [0, 0.05) is 12.5 Å². The van der Waals surface area contributed by atoms with Crippen LogP contribution in [0.4, 0.5) is 0 Å². The van der Waals surface area contributed by atoms with Crippen LogP contribution in [0.3, 0.4) is 0 Å². The van der Waals surface area contributed by atoms with E-state index in [0.29, 0.717) is 13.0 Å². The summed E-state index contributed by atoms with van der Waals surface area (Å²) in [4.78, 5) is 22.9. The molecule has 0 spiro atoms. The molecule has 4 heteroatoms. The molecule has 0 radical (unpaired) electrons. The van der Waals surface area contributed by atoms with E-state index in [0.717, 1.165) is 32.1 Å². The molecule has 0 aromatic heterocycles. The Morgan fingerprint density at radius 3 is 2.35 bits per heavy atom. The molecule has 4 nitrogen and oxygen atoms in total. The van der Waals surface area contributed by atoms with Crippen molar-refractivity contribution in [1.82, 2.24) is 5.32 Å². The van der Waals surface area contributed by atoms with Gasteiger partial charge in [0.25, 0.3) is 0 Å². The molecular weight excluding hydrogens is 218 g/mol. The Morgan fingerprint density at radius 1 is 1.18 bits per heavy atom. The quantitative estimate of drug-likeness (QED) is 0.749. The van der Waals surface area contributed by atoms with Crippen LogP contribution in [0.25, 0.3) is 0 Å². The zero-order valence-electron chi connectivity index (χ0n) is 10.8. The van der Waals surface area contributed by atoms with Gasteiger partial charge in [-0.15, -0.1) is 0 Å². The van der Waals surface area contributed by atoms with Gasteiger partial charge >= 0.3 is 5.97 Å². The molecule has 1 amide bonds. The van der Waals surface area contributed by atoms with Gasteiger partial charge in [0.1, 0.15) is 0 Å². The summed E-state index contributed by atoms with van der Waals surface area (Å²) in [6.45, 7) is 4.28. The second kappa shape index (κ2) is 7.30. The van der Waals surface area contributed by atoms with E-state index in [9.17, 15) is 9.59 Å². The van der Waals surface area contributed by atoms with Crippen molar-refractivity contribution < 1.29 is 14.3 Å². The molecule has 1 aliphatic rings. The highest BCUT2D eigenvalue weighted by atomic mass is 16.5. The minimum absolute atomic E-state index is 0.0364. The predicted molar refractivity (Wildman–Crippen MR) is 65.4 cm³/mol. The molecule has 0 unspecified atom stereocenters. The van der Waals surface area contributed by atoms with E-state index in [-0.39, 0.29) is 23.8 Å². The number of nitrogens with one attached hydrogen (secondary N) is 1. The van der Waals surface area contributed by atoms with Gasteiger partial charge < -0.3 is 10.1 Å². The van der Waals surface area contributed by atoms with Crippen molar-refractivity contribution in [1.29, 1.82) is 0 Å². The summed E-state index contributed by atoms with van der Waals surface area (Å²) in [7, 11) is 0. The van der Waals surface area contributed by atoms with Crippen LogP contribution in [-0.4, -0.2) is 24.5 Å². The third-order valence-electron chi connectivity index (χ3n) is 3.19. The Hall–Kier alpha value is -1.06. The van der Waals surface area contributed by atoms with E-state index in [4.69, 9.17) is 4.74 Å². The molecular formula is C13H23NO3. The summed E-state index contributed by atoms with van der Waals surface area (Å²) in [6.07, 6.45) is 4.91. The third kappa shape index (κ3) is 4.75. The molecule has 1 fully saturated rings. The summed E-state index contributed by atoms with van der Waals surface area (Å²) >= 11 is 0. The zero-order chi connectivity index (χ0) is 12.7. The van der Waals surface area contributed by atoms with Gasteiger partial charge in [-0.25, -0.2) is 0 Å². The van der Waals surface area contributed by atoms with Crippen molar-refractivity contribution in [2.45, 2.75) is 58.4 Å². The smallest absolute Gasteiger partial charge is 0.308 e. The van der Waals surface area contributed by atoms with Gasteiger partial charge in [-0.3, -0.25) is 9.59 Å². The standard InChI is InChI=1S/C13H23NO3/c1-3-5-12(15)14-11-8-6-10(7-9-11)13(16)17-4-2/h10-11H,3-9H2,1-2H3,(H,14,15). The van der Waals surface area contributed by atoms with Crippen molar-refractivity contribution in [2.24, 2.45) is 5.92 Å². The molecule has 0 saturated heterocycles. The largest absolute Gasteiger partial charge is 0.466 e. The minimum Gasteiger partial charge on any atom is -0.466 e. The first-order chi connectivity index (χ1) is 8.17. The van der Waals surface area contributed by atoms with E-state index in [1.54, 1.807) is 0 Å². The van der Waals surface area contributed by atoms with Gasteiger partial charge in [-0.05, 0) is 39.0 Å². The maximum atomic E-state index is 11.5. The lowest BCUT2D eigenvalue weighted by Gasteiger charge is -2.27. The van der Waals surface area contributed by atoms with Crippen LogP contribution in [0, 0.1) is 5.92 Å². The van der Waals surface area contributed by atoms with Crippen molar-refractivity contribution >= 4 is 11.9 Å². The lowest BCUT2D eigenvalue weighted by atomic mass is 9.86. The van der Waals surface area contributed by atoms with Gasteiger partial charge in [-0.1, -0.05) is 6.92 Å². The van der Waals surface area contributed by atoms with Crippen LogP contribution < -0.4 is 5.32 Å². The number of carbonyl (C=O) groups is 2. The maximum Gasteiger partial charge on any atom is 0.308 e. The summed E-state index contributed by atoms with van der Waals surface area (Å²) in [5.41, 5.74) is 0. The predicted octanol–water partition coefficient (Wildman–Crippen LogP) is 2.02. The number of hydrogen-bond acceptors (Lipinski definition) is 3. The summed E-state index contributed by atoms with van der Waals surface area (Å²) in [5, 5.41) is 3.02. The zero-order valence-corrected chi connectivity index (χ0v) is 10.8. The number of esters is 1. The van der Waals surface area contributed by atoms with Crippen LogP contribution in [0.15, 0.2) is 0 Å². The fourth-order valence-corrected chi connectivity index (χ4v) is 2.26. The normalized spacial score (nSPS) is 24.1. The molecule has 0 bridgehead atoms. The first-order valence-electron chi connectivity index (χ1n) is 6.63. The first-order valence-corrected chi connectivity index (χ1v) is 6.63. The fraction of sp³-hybridized carbons (Fsp3) is 0.846. The molecule has 1 aliphatic carbocycles. The second-order valence-electron chi connectivity index (χ2n) is 4.62. The topological polar surface area (TPSA) is 55.4 Å². The number of carbonyl (C=O) groups excluding carboxylic acids is 2. The van der Waals surface area contributed by atoms with Crippen LogP contribution in [0.1, 0.15) is 52.4 Å². The highest BCUT2D eigenvalue weighted by Crippen LogP contribution is 2.25. The van der Waals surface area contributed by atoms with Gasteiger partial charge in [0.2, 0.25) is 5.91 Å². The Kier molecular flexibility index (Phi) is 6.01. The number of ether oxygens (including phenoxy) is 1. The van der Waals surface area contributed by atoms with Crippen molar-refractivity contribution in [2.75, 3.05) is 6.61 Å². The number of amides is 1. The van der Waals surface area contributed by atoms with Gasteiger partial charge in [0.15, 0.2) is 0 Å². The molecule has 1 N–H and O–H groups in total. The summed E-state index contributed by atoms with van der Waals surface area (Å²) < 4.78 is 5.01. The van der Waals surface area contributed by atoms with Gasteiger partial charge in [-0.2, -0.15) is 0 Å². The minimum atomic E-state index is -0.0779.